The molecule has 1 amide bonds. The van der Waals surface area contributed by atoms with Crippen molar-refractivity contribution in [3.05, 3.63) is 57.5 Å². The second kappa shape index (κ2) is 6.71. The number of ether oxygens (including phenoxy) is 2. The van der Waals surface area contributed by atoms with Gasteiger partial charge < -0.3 is 25.1 Å². The minimum atomic E-state index is -1.57. The van der Waals surface area contributed by atoms with Gasteiger partial charge in [0.1, 0.15) is 11.5 Å². The molecule has 156 valence electrons. The third-order valence-corrected chi connectivity index (χ3v) is 5.68. The van der Waals surface area contributed by atoms with E-state index in [1.807, 2.05) is 0 Å². The summed E-state index contributed by atoms with van der Waals surface area (Å²) in [6, 6.07) is 1.53. The topological polar surface area (TPSA) is 93.5 Å². The SMILES string of the molecule is CN(C(=O)c1cc2nc(N)c3c(c2[nH]1)COC3)[C@@H]1COCc2cc(F)c(F)c(F)c21. The highest BCUT2D eigenvalue weighted by Gasteiger charge is 2.34. The summed E-state index contributed by atoms with van der Waals surface area (Å²) in [5, 5.41) is 0. The van der Waals surface area contributed by atoms with Crippen LogP contribution in [0.25, 0.3) is 11.0 Å². The van der Waals surface area contributed by atoms with Gasteiger partial charge in [-0.1, -0.05) is 0 Å². The zero-order chi connectivity index (χ0) is 21.2. The Morgan fingerprint density at radius 2 is 1.93 bits per heavy atom. The molecule has 0 unspecified atom stereocenters. The van der Waals surface area contributed by atoms with Gasteiger partial charge in [-0.15, -0.1) is 0 Å². The highest BCUT2D eigenvalue weighted by atomic mass is 19.2. The maximum Gasteiger partial charge on any atom is 0.270 e. The molecule has 0 radical (unpaired) electrons. The molecule has 3 N–H and O–H groups in total. The molecule has 30 heavy (non-hydrogen) atoms. The number of amides is 1. The van der Waals surface area contributed by atoms with Crippen molar-refractivity contribution in [2.45, 2.75) is 25.9 Å². The summed E-state index contributed by atoms with van der Waals surface area (Å²) in [6.07, 6.45) is 0. The number of nitrogen functional groups attached to an aromatic ring is 1. The summed E-state index contributed by atoms with van der Waals surface area (Å²) in [4.78, 5) is 21.7. The normalized spacial score (nSPS) is 17.8. The number of anilines is 1. The van der Waals surface area contributed by atoms with E-state index in [2.05, 4.69) is 9.97 Å². The van der Waals surface area contributed by atoms with E-state index in [0.717, 1.165) is 17.2 Å². The minimum Gasteiger partial charge on any atom is -0.383 e. The Morgan fingerprint density at radius 1 is 1.17 bits per heavy atom. The van der Waals surface area contributed by atoms with Gasteiger partial charge in [-0.05, 0) is 17.7 Å². The van der Waals surface area contributed by atoms with Crippen molar-refractivity contribution in [3.63, 3.8) is 0 Å². The Morgan fingerprint density at radius 3 is 2.73 bits per heavy atom. The van der Waals surface area contributed by atoms with E-state index in [0.29, 0.717) is 30.1 Å². The summed E-state index contributed by atoms with van der Waals surface area (Å²) >= 11 is 0. The number of aromatic amines is 1. The lowest BCUT2D eigenvalue weighted by molar-refractivity contribution is 0.0323. The first-order valence-electron chi connectivity index (χ1n) is 9.25. The minimum absolute atomic E-state index is 0.0497. The monoisotopic (exact) mass is 418 g/mol. The molecule has 10 heteroatoms. The number of pyridine rings is 1. The predicted octanol–water partition coefficient (Wildman–Crippen LogP) is 2.94. The fourth-order valence-corrected chi connectivity index (χ4v) is 4.09. The molecular weight excluding hydrogens is 401 g/mol. The molecule has 0 bridgehead atoms. The molecule has 5 rings (SSSR count). The van der Waals surface area contributed by atoms with Crippen molar-refractivity contribution < 1.29 is 27.4 Å². The molecular formula is C20H17F3N4O3. The van der Waals surface area contributed by atoms with Crippen molar-refractivity contribution in [2.75, 3.05) is 19.4 Å². The van der Waals surface area contributed by atoms with Crippen molar-refractivity contribution in [2.24, 2.45) is 0 Å². The fourth-order valence-electron chi connectivity index (χ4n) is 4.09. The zero-order valence-corrected chi connectivity index (χ0v) is 15.9. The maximum atomic E-state index is 14.5. The number of nitrogens with two attached hydrogens (primary N) is 1. The van der Waals surface area contributed by atoms with Gasteiger partial charge in [0.25, 0.3) is 5.91 Å². The van der Waals surface area contributed by atoms with Gasteiger partial charge >= 0.3 is 0 Å². The lowest BCUT2D eigenvalue weighted by atomic mass is 9.96. The smallest absolute Gasteiger partial charge is 0.270 e. The second-order valence-electron chi connectivity index (χ2n) is 7.40. The molecule has 1 atom stereocenters. The van der Waals surface area contributed by atoms with Crippen LogP contribution in [0, 0.1) is 17.5 Å². The van der Waals surface area contributed by atoms with Crippen LogP contribution in [0.5, 0.6) is 0 Å². The van der Waals surface area contributed by atoms with E-state index in [1.54, 1.807) is 6.07 Å². The molecule has 0 fully saturated rings. The van der Waals surface area contributed by atoms with Crippen LogP contribution in [0.2, 0.25) is 0 Å². The predicted molar refractivity (Wildman–Crippen MR) is 99.8 cm³/mol. The summed E-state index contributed by atoms with van der Waals surface area (Å²) < 4.78 is 52.8. The Labute approximate surface area is 168 Å². The van der Waals surface area contributed by atoms with Crippen LogP contribution in [0.1, 0.15) is 38.8 Å². The third kappa shape index (κ3) is 2.67. The van der Waals surface area contributed by atoms with Crippen LogP contribution in [0.4, 0.5) is 19.0 Å². The van der Waals surface area contributed by atoms with Crippen LogP contribution >= 0.6 is 0 Å². The summed E-state index contributed by atoms with van der Waals surface area (Å²) in [5.41, 5.74) is 9.04. The highest BCUT2D eigenvalue weighted by molar-refractivity contribution is 5.98. The zero-order valence-electron chi connectivity index (χ0n) is 15.9. The molecule has 0 spiro atoms. The van der Waals surface area contributed by atoms with Gasteiger partial charge in [0.15, 0.2) is 17.5 Å². The van der Waals surface area contributed by atoms with E-state index >= 15 is 0 Å². The number of hydrogen-bond donors (Lipinski definition) is 2. The molecule has 2 aromatic heterocycles. The van der Waals surface area contributed by atoms with Crippen molar-refractivity contribution in [1.29, 1.82) is 0 Å². The number of rotatable bonds is 2. The van der Waals surface area contributed by atoms with Gasteiger partial charge in [0.2, 0.25) is 0 Å². The van der Waals surface area contributed by atoms with Crippen LogP contribution in [-0.2, 0) is 29.3 Å². The molecule has 0 saturated carbocycles. The van der Waals surface area contributed by atoms with Gasteiger partial charge in [-0.2, -0.15) is 0 Å². The number of nitrogens with zero attached hydrogens (tertiary/aromatic N) is 2. The lowest BCUT2D eigenvalue weighted by Gasteiger charge is -2.33. The number of H-pyrrole nitrogens is 1. The highest BCUT2D eigenvalue weighted by Crippen LogP contribution is 2.35. The molecule has 4 heterocycles. The molecule has 2 aliphatic rings. The van der Waals surface area contributed by atoms with Gasteiger partial charge in [-0.3, -0.25) is 4.79 Å². The number of nitrogens with one attached hydrogen (secondary N) is 1. The van der Waals surface area contributed by atoms with E-state index in [4.69, 9.17) is 15.2 Å². The molecule has 1 aromatic carbocycles. The number of aromatic nitrogens is 2. The van der Waals surface area contributed by atoms with E-state index in [1.165, 1.54) is 11.9 Å². The first kappa shape index (κ1) is 18.9. The Kier molecular flexibility index (Phi) is 4.23. The molecule has 3 aromatic rings. The fraction of sp³-hybridized carbons (Fsp3) is 0.300. The molecule has 7 nitrogen and oxygen atoms in total. The number of benzene rings is 1. The van der Waals surface area contributed by atoms with E-state index in [9.17, 15) is 18.0 Å². The Hall–Kier alpha value is -3.11. The number of halogens is 3. The largest absolute Gasteiger partial charge is 0.383 e. The number of likely N-dealkylation sites (N-methyl/N-ethyl adjacent to an activating group) is 1. The lowest BCUT2D eigenvalue weighted by Crippen LogP contribution is -2.37. The van der Waals surface area contributed by atoms with Crippen molar-refractivity contribution >= 4 is 22.8 Å². The average molecular weight is 418 g/mol. The standard InChI is InChI=1S/C20H17F3N4O3/c1-27(14-7-29-4-8-2-11(21)16(22)17(23)15(8)14)20(28)13-3-12-18(25-13)9-5-30-6-10(9)19(24)26-12/h2-3,14,25H,4-7H2,1H3,(H2,24,26)/t14-/m1/s1. The second-order valence-corrected chi connectivity index (χ2v) is 7.40. The number of carbonyl (C=O) groups is 1. The first-order chi connectivity index (χ1) is 14.4. The molecule has 2 aliphatic heterocycles. The Bertz CT molecular complexity index is 1210. The molecule has 0 aliphatic carbocycles. The van der Waals surface area contributed by atoms with Gasteiger partial charge in [0.05, 0.1) is 43.5 Å². The summed E-state index contributed by atoms with van der Waals surface area (Å²) in [7, 11) is 1.45. The summed E-state index contributed by atoms with van der Waals surface area (Å²) in [6.45, 7) is 0.585. The number of hydrogen-bond acceptors (Lipinski definition) is 5. The van der Waals surface area contributed by atoms with Crippen molar-refractivity contribution in [3.8, 4) is 0 Å². The average Bonchev–Trinajstić information content (AvgIpc) is 3.38. The van der Waals surface area contributed by atoms with Gasteiger partial charge in [-0.25, -0.2) is 18.2 Å². The van der Waals surface area contributed by atoms with Gasteiger partial charge in [0, 0.05) is 23.7 Å². The van der Waals surface area contributed by atoms with E-state index < -0.39 is 29.4 Å². The van der Waals surface area contributed by atoms with E-state index in [-0.39, 0.29) is 30.0 Å². The van der Waals surface area contributed by atoms with Crippen LogP contribution < -0.4 is 5.73 Å². The van der Waals surface area contributed by atoms with Crippen LogP contribution in [0.15, 0.2) is 12.1 Å². The van der Waals surface area contributed by atoms with Crippen LogP contribution in [0.3, 0.4) is 0 Å². The van der Waals surface area contributed by atoms with Crippen molar-refractivity contribution in [1.82, 2.24) is 14.9 Å². The quantitative estimate of drug-likeness (QED) is 0.625. The molecule has 0 saturated heterocycles. The maximum absolute atomic E-state index is 14.5. The summed E-state index contributed by atoms with van der Waals surface area (Å²) in [5.74, 6) is -4.30. The van der Waals surface area contributed by atoms with Crippen LogP contribution in [-0.4, -0.2) is 34.4 Å². The Balaban J connectivity index is 1.54. The first-order valence-corrected chi connectivity index (χ1v) is 9.25. The third-order valence-electron chi connectivity index (χ3n) is 5.68. The number of carbonyl (C=O) groups excluding carboxylic acids is 1. The number of fused-ring (bicyclic) bond motifs is 4.